The Balaban J connectivity index is 2.25. The van der Waals surface area contributed by atoms with Crippen molar-refractivity contribution < 1.29 is 17.6 Å². The Bertz CT molecular complexity index is 323. The van der Waals surface area contributed by atoms with Crippen molar-refractivity contribution in [1.29, 1.82) is 0 Å². The van der Waals surface area contributed by atoms with Gasteiger partial charge in [-0.15, -0.1) is 0 Å². The Labute approximate surface area is 105 Å². The van der Waals surface area contributed by atoms with Gasteiger partial charge in [0.25, 0.3) is 0 Å². The Hall–Kier alpha value is -1.01. The van der Waals surface area contributed by atoms with Gasteiger partial charge >= 0.3 is 6.18 Å². The average molecular weight is 264 g/mol. The normalized spacial score (nSPS) is 12.6. The zero-order valence-electron chi connectivity index (χ0n) is 10.6. The highest BCUT2D eigenvalue weighted by molar-refractivity contribution is 5.04. The van der Waals surface area contributed by atoms with Crippen LogP contribution in [0.4, 0.5) is 13.2 Å². The summed E-state index contributed by atoms with van der Waals surface area (Å²) in [5.74, 6) is 0. The second-order valence-electron chi connectivity index (χ2n) is 4.49. The fourth-order valence-electron chi connectivity index (χ4n) is 1.60. The van der Waals surface area contributed by atoms with Gasteiger partial charge in [0.05, 0.1) is 19.1 Å². The number of halogens is 3. The third-order valence-corrected chi connectivity index (χ3v) is 2.60. The van der Waals surface area contributed by atoms with Crippen molar-refractivity contribution in [3.05, 3.63) is 24.2 Å². The highest BCUT2D eigenvalue weighted by Gasteiger charge is 2.31. The van der Waals surface area contributed by atoms with E-state index in [1.165, 1.54) is 4.90 Å². The first kappa shape index (κ1) is 15.0. The molecule has 0 saturated heterocycles. The van der Waals surface area contributed by atoms with Gasteiger partial charge in [0.15, 0.2) is 0 Å². The quantitative estimate of drug-likeness (QED) is 0.767. The lowest BCUT2D eigenvalue weighted by Crippen LogP contribution is -2.42. The molecule has 0 bridgehead atoms. The van der Waals surface area contributed by atoms with E-state index in [2.05, 4.69) is 5.32 Å². The zero-order valence-corrected chi connectivity index (χ0v) is 10.6. The summed E-state index contributed by atoms with van der Waals surface area (Å²) >= 11 is 0. The van der Waals surface area contributed by atoms with Crippen molar-refractivity contribution in [3.63, 3.8) is 0 Å². The minimum Gasteiger partial charge on any atom is -0.472 e. The van der Waals surface area contributed by atoms with Gasteiger partial charge < -0.3 is 9.73 Å². The van der Waals surface area contributed by atoms with Crippen molar-refractivity contribution in [2.24, 2.45) is 0 Å². The molecule has 0 spiro atoms. The maximum absolute atomic E-state index is 12.3. The Morgan fingerprint density at radius 3 is 2.61 bits per heavy atom. The maximum Gasteiger partial charge on any atom is 0.401 e. The number of nitrogens with one attached hydrogen (secondary N) is 1. The van der Waals surface area contributed by atoms with E-state index in [0.717, 1.165) is 5.56 Å². The second-order valence-corrected chi connectivity index (χ2v) is 4.49. The van der Waals surface area contributed by atoms with Crippen LogP contribution in [0.2, 0.25) is 0 Å². The summed E-state index contributed by atoms with van der Waals surface area (Å²) in [4.78, 5) is 1.41. The van der Waals surface area contributed by atoms with Crippen LogP contribution in [-0.2, 0) is 6.54 Å². The summed E-state index contributed by atoms with van der Waals surface area (Å²) in [5.41, 5.74) is 0.988. The molecule has 0 aliphatic rings. The van der Waals surface area contributed by atoms with E-state index in [1.54, 1.807) is 26.4 Å². The van der Waals surface area contributed by atoms with Crippen molar-refractivity contribution in [2.45, 2.75) is 32.6 Å². The summed E-state index contributed by atoms with van der Waals surface area (Å²) in [6.45, 7) is 4.16. The van der Waals surface area contributed by atoms with Crippen LogP contribution in [-0.4, -0.2) is 36.8 Å². The molecule has 3 nitrogen and oxygen atoms in total. The highest BCUT2D eigenvalue weighted by atomic mass is 19.4. The Morgan fingerprint density at radius 1 is 1.39 bits per heavy atom. The Kier molecular flexibility index (Phi) is 5.68. The molecule has 0 radical (unpaired) electrons. The molecule has 6 heteroatoms. The van der Waals surface area contributed by atoms with E-state index in [9.17, 15) is 13.2 Å². The third-order valence-electron chi connectivity index (χ3n) is 2.60. The van der Waals surface area contributed by atoms with Crippen LogP contribution in [0, 0.1) is 0 Å². The summed E-state index contributed by atoms with van der Waals surface area (Å²) in [6, 6.07) is 1.70. The van der Waals surface area contributed by atoms with Gasteiger partial charge in [0.2, 0.25) is 0 Å². The molecule has 1 N–H and O–H groups in total. The SMILES string of the molecule is CC(C)N(CCNCc1ccoc1)CC(F)(F)F. The molecular weight excluding hydrogens is 245 g/mol. The number of hydrogen-bond acceptors (Lipinski definition) is 3. The molecule has 0 amide bonds. The van der Waals surface area contributed by atoms with Crippen LogP contribution in [0.15, 0.2) is 23.0 Å². The first-order valence-electron chi connectivity index (χ1n) is 5.91. The second kappa shape index (κ2) is 6.80. The van der Waals surface area contributed by atoms with Crippen LogP contribution in [0.5, 0.6) is 0 Å². The first-order valence-corrected chi connectivity index (χ1v) is 5.91. The molecule has 0 saturated carbocycles. The van der Waals surface area contributed by atoms with Crippen molar-refractivity contribution in [1.82, 2.24) is 10.2 Å². The monoisotopic (exact) mass is 264 g/mol. The van der Waals surface area contributed by atoms with Gasteiger partial charge in [0.1, 0.15) is 0 Å². The van der Waals surface area contributed by atoms with E-state index in [0.29, 0.717) is 19.6 Å². The van der Waals surface area contributed by atoms with E-state index in [1.807, 2.05) is 6.07 Å². The molecule has 0 atom stereocenters. The predicted molar refractivity (Wildman–Crippen MR) is 63.2 cm³/mol. The van der Waals surface area contributed by atoms with E-state index < -0.39 is 12.7 Å². The minimum absolute atomic E-state index is 0.123. The van der Waals surface area contributed by atoms with Crippen LogP contribution < -0.4 is 5.32 Å². The number of alkyl halides is 3. The summed E-state index contributed by atoms with van der Waals surface area (Å²) < 4.78 is 41.9. The molecule has 1 heterocycles. The lowest BCUT2D eigenvalue weighted by atomic mass is 10.3. The summed E-state index contributed by atoms with van der Waals surface area (Å²) in [6.07, 6.45) is -0.959. The van der Waals surface area contributed by atoms with Crippen LogP contribution in [0.3, 0.4) is 0 Å². The number of rotatable bonds is 7. The van der Waals surface area contributed by atoms with Crippen molar-refractivity contribution in [2.75, 3.05) is 19.6 Å². The molecule has 0 aromatic carbocycles. The average Bonchev–Trinajstić information content (AvgIpc) is 2.73. The molecule has 0 fully saturated rings. The lowest BCUT2D eigenvalue weighted by Gasteiger charge is -2.27. The fourth-order valence-corrected chi connectivity index (χ4v) is 1.60. The molecule has 1 rings (SSSR count). The summed E-state index contributed by atoms with van der Waals surface area (Å²) in [5, 5.41) is 3.09. The number of nitrogens with zero attached hydrogens (tertiary/aromatic N) is 1. The topological polar surface area (TPSA) is 28.4 Å². The summed E-state index contributed by atoms with van der Waals surface area (Å²) in [7, 11) is 0. The smallest absolute Gasteiger partial charge is 0.401 e. The van der Waals surface area contributed by atoms with Gasteiger partial charge in [-0.25, -0.2) is 0 Å². The number of furan rings is 1. The van der Waals surface area contributed by atoms with E-state index in [-0.39, 0.29) is 6.04 Å². The molecule has 1 aromatic rings. The lowest BCUT2D eigenvalue weighted by molar-refractivity contribution is -0.149. The maximum atomic E-state index is 12.3. The Morgan fingerprint density at radius 2 is 2.11 bits per heavy atom. The molecule has 18 heavy (non-hydrogen) atoms. The van der Waals surface area contributed by atoms with E-state index >= 15 is 0 Å². The molecule has 0 aliphatic carbocycles. The van der Waals surface area contributed by atoms with Crippen LogP contribution in [0.25, 0.3) is 0 Å². The largest absolute Gasteiger partial charge is 0.472 e. The van der Waals surface area contributed by atoms with Gasteiger partial charge in [0, 0.05) is 31.2 Å². The molecule has 0 unspecified atom stereocenters. The fraction of sp³-hybridized carbons (Fsp3) is 0.667. The van der Waals surface area contributed by atoms with Gasteiger partial charge in [-0.05, 0) is 19.9 Å². The highest BCUT2D eigenvalue weighted by Crippen LogP contribution is 2.17. The molecule has 0 aliphatic heterocycles. The van der Waals surface area contributed by atoms with Gasteiger partial charge in [-0.3, -0.25) is 4.90 Å². The van der Waals surface area contributed by atoms with Gasteiger partial charge in [-0.1, -0.05) is 0 Å². The minimum atomic E-state index is -4.14. The molecule has 1 aromatic heterocycles. The standard InChI is InChI=1S/C12H19F3N2O/c1-10(2)17(9-12(13,14)15)5-4-16-7-11-3-6-18-8-11/h3,6,8,10,16H,4-5,7,9H2,1-2H3. The first-order chi connectivity index (χ1) is 8.38. The van der Waals surface area contributed by atoms with Crippen molar-refractivity contribution in [3.8, 4) is 0 Å². The van der Waals surface area contributed by atoms with Crippen molar-refractivity contribution >= 4 is 0 Å². The van der Waals surface area contributed by atoms with Gasteiger partial charge in [-0.2, -0.15) is 13.2 Å². The molecular formula is C12H19F3N2O. The predicted octanol–water partition coefficient (Wildman–Crippen LogP) is 2.64. The third kappa shape index (κ3) is 6.07. The van der Waals surface area contributed by atoms with E-state index in [4.69, 9.17) is 4.42 Å². The molecule has 104 valence electrons. The zero-order chi connectivity index (χ0) is 13.6. The number of hydrogen-bond donors (Lipinski definition) is 1. The van der Waals surface area contributed by atoms with Crippen LogP contribution >= 0.6 is 0 Å². The van der Waals surface area contributed by atoms with Crippen LogP contribution in [0.1, 0.15) is 19.4 Å².